The Hall–Kier alpha value is -1.86. The van der Waals surface area contributed by atoms with Crippen LogP contribution in [0.15, 0.2) is 33.9 Å². The maximum Gasteiger partial charge on any atom is 0.254 e. The normalized spacial score (nSPS) is 15.4. The van der Waals surface area contributed by atoms with Gasteiger partial charge in [0.25, 0.3) is 5.91 Å². The average Bonchev–Trinajstić information content (AvgIpc) is 2.93. The van der Waals surface area contributed by atoms with E-state index in [-0.39, 0.29) is 5.91 Å². The summed E-state index contributed by atoms with van der Waals surface area (Å²) >= 11 is 1.50. The first-order valence-corrected chi connectivity index (χ1v) is 10.7. The molecule has 1 saturated heterocycles. The zero-order valence-corrected chi connectivity index (χ0v) is 16.8. The first-order chi connectivity index (χ1) is 13.2. The van der Waals surface area contributed by atoms with Crippen molar-refractivity contribution in [1.82, 2.24) is 20.4 Å². The SMILES string of the molecule is Cc1cc(CSc2ncccc2C(=O)NCCCN2CCCCCC2)no1. The lowest BCUT2D eigenvalue weighted by Gasteiger charge is -2.19. The molecule has 2 aromatic heterocycles. The summed E-state index contributed by atoms with van der Waals surface area (Å²) in [6, 6.07) is 5.53. The fraction of sp³-hybridized carbons (Fsp3) is 0.550. The van der Waals surface area contributed by atoms with E-state index < -0.39 is 0 Å². The zero-order valence-electron chi connectivity index (χ0n) is 15.9. The van der Waals surface area contributed by atoms with E-state index in [4.69, 9.17) is 4.52 Å². The van der Waals surface area contributed by atoms with Gasteiger partial charge in [-0.2, -0.15) is 0 Å². The van der Waals surface area contributed by atoms with Gasteiger partial charge in [0, 0.05) is 24.6 Å². The number of nitrogens with zero attached hydrogens (tertiary/aromatic N) is 3. The number of aryl methyl sites for hydroxylation is 1. The Labute approximate surface area is 165 Å². The third kappa shape index (κ3) is 6.36. The van der Waals surface area contributed by atoms with E-state index in [1.54, 1.807) is 12.3 Å². The summed E-state index contributed by atoms with van der Waals surface area (Å²) in [7, 11) is 0. The predicted octanol–water partition coefficient (Wildman–Crippen LogP) is 3.67. The molecule has 0 spiro atoms. The Bertz CT molecular complexity index is 726. The quantitative estimate of drug-likeness (QED) is 0.550. The van der Waals surface area contributed by atoms with Crippen molar-refractivity contribution >= 4 is 17.7 Å². The summed E-state index contributed by atoms with van der Waals surface area (Å²) < 4.78 is 5.09. The molecule has 3 heterocycles. The van der Waals surface area contributed by atoms with Crippen molar-refractivity contribution in [3.63, 3.8) is 0 Å². The van der Waals surface area contributed by atoms with Crippen LogP contribution in [0.1, 0.15) is 53.9 Å². The maximum atomic E-state index is 12.6. The molecule has 0 aliphatic carbocycles. The van der Waals surface area contributed by atoms with Crippen LogP contribution in [0.5, 0.6) is 0 Å². The molecule has 1 fully saturated rings. The highest BCUT2D eigenvalue weighted by atomic mass is 32.2. The third-order valence-electron chi connectivity index (χ3n) is 4.68. The molecule has 1 aliphatic heterocycles. The Balaban J connectivity index is 1.46. The van der Waals surface area contributed by atoms with Gasteiger partial charge in [-0.15, -0.1) is 0 Å². The number of hydrogen-bond donors (Lipinski definition) is 1. The summed E-state index contributed by atoms with van der Waals surface area (Å²) in [5.74, 6) is 1.36. The van der Waals surface area contributed by atoms with Gasteiger partial charge in [0.1, 0.15) is 10.8 Å². The number of pyridine rings is 1. The standard InChI is InChI=1S/C20H28N4O2S/c1-16-14-17(23-26-16)15-27-20-18(8-6-9-22-20)19(25)21-10-7-13-24-11-4-2-3-5-12-24/h6,8-9,14H,2-5,7,10-13,15H2,1H3,(H,21,25). The van der Waals surface area contributed by atoms with Crippen molar-refractivity contribution in [1.29, 1.82) is 0 Å². The largest absolute Gasteiger partial charge is 0.361 e. The third-order valence-corrected chi connectivity index (χ3v) is 5.72. The van der Waals surface area contributed by atoms with Crippen LogP contribution in [-0.2, 0) is 5.75 Å². The Morgan fingerprint density at radius 2 is 2.11 bits per heavy atom. The van der Waals surface area contributed by atoms with E-state index >= 15 is 0 Å². The average molecular weight is 389 g/mol. The van der Waals surface area contributed by atoms with E-state index in [1.807, 2.05) is 19.1 Å². The molecule has 6 nitrogen and oxygen atoms in total. The van der Waals surface area contributed by atoms with Crippen molar-refractivity contribution in [2.24, 2.45) is 0 Å². The number of amides is 1. The fourth-order valence-corrected chi connectivity index (χ4v) is 4.14. The van der Waals surface area contributed by atoms with Crippen molar-refractivity contribution in [2.75, 3.05) is 26.2 Å². The Kier molecular flexibility index (Phi) is 7.71. The molecule has 0 aromatic carbocycles. The summed E-state index contributed by atoms with van der Waals surface area (Å²) in [5, 5.41) is 7.76. The van der Waals surface area contributed by atoms with Gasteiger partial charge in [-0.25, -0.2) is 4.98 Å². The van der Waals surface area contributed by atoms with Gasteiger partial charge >= 0.3 is 0 Å². The molecule has 27 heavy (non-hydrogen) atoms. The van der Waals surface area contributed by atoms with Crippen molar-refractivity contribution < 1.29 is 9.32 Å². The topological polar surface area (TPSA) is 71.3 Å². The number of aromatic nitrogens is 2. The summed E-state index contributed by atoms with van der Waals surface area (Å²) in [4.78, 5) is 19.5. The van der Waals surface area contributed by atoms with Crippen LogP contribution in [0.25, 0.3) is 0 Å². The van der Waals surface area contributed by atoms with Crippen molar-refractivity contribution in [3.8, 4) is 0 Å². The summed E-state index contributed by atoms with van der Waals surface area (Å²) in [6.45, 7) is 6.00. The second-order valence-electron chi connectivity index (χ2n) is 6.94. The van der Waals surface area contributed by atoms with Crippen LogP contribution in [0, 0.1) is 6.92 Å². The molecule has 0 radical (unpaired) electrons. The molecular weight excluding hydrogens is 360 g/mol. The highest BCUT2D eigenvalue weighted by Gasteiger charge is 2.14. The number of hydrogen-bond acceptors (Lipinski definition) is 6. The van der Waals surface area contributed by atoms with Gasteiger partial charge in [0.2, 0.25) is 0 Å². The minimum Gasteiger partial charge on any atom is -0.361 e. The van der Waals surface area contributed by atoms with Gasteiger partial charge in [-0.05, 0) is 58.0 Å². The molecule has 7 heteroatoms. The van der Waals surface area contributed by atoms with Crippen LogP contribution in [0.4, 0.5) is 0 Å². The van der Waals surface area contributed by atoms with E-state index in [0.29, 0.717) is 17.9 Å². The first-order valence-electron chi connectivity index (χ1n) is 9.73. The van der Waals surface area contributed by atoms with E-state index in [9.17, 15) is 4.79 Å². The number of thioether (sulfide) groups is 1. The molecule has 1 N–H and O–H groups in total. The second-order valence-corrected chi connectivity index (χ2v) is 7.90. The molecule has 3 rings (SSSR count). The Morgan fingerprint density at radius 1 is 1.30 bits per heavy atom. The number of nitrogens with one attached hydrogen (secondary N) is 1. The van der Waals surface area contributed by atoms with Gasteiger partial charge in [0.05, 0.1) is 11.3 Å². The lowest BCUT2D eigenvalue weighted by molar-refractivity contribution is 0.0948. The monoisotopic (exact) mass is 388 g/mol. The molecular formula is C20H28N4O2S. The van der Waals surface area contributed by atoms with E-state index in [2.05, 4.69) is 20.4 Å². The smallest absolute Gasteiger partial charge is 0.254 e. The number of carbonyl (C=O) groups is 1. The van der Waals surface area contributed by atoms with Crippen LogP contribution in [-0.4, -0.2) is 47.1 Å². The lowest BCUT2D eigenvalue weighted by atomic mass is 10.2. The maximum absolute atomic E-state index is 12.6. The summed E-state index contributed by atoms with van der Waals surface area (Å²) in [5.41, 5.74) is 1.48. The van der Waals surface area contributed by atoms with Crippen LogP contribution in [0.2, 0.25) is 0 Å². The lowest BCUT2D eigenvalue weighted by Crippen LogP contribution is -2.30. The molecule has 0 bridgehead atoms. The van der Waals surface area contributed by atoms with Crippen LogP contribution >= 0.6 is 11.8 Å². The highest BCUT2D eigenvalue weighted by Crippen LogP contribution is 2.24. The molecule has 1 aliphatic rings. The fourth-order valence-electron chi connectivity index (χ4n) is 3.27. The molecule has 2 aromatic rings. The van der Waals surface area contributed by atoms with Gasteiger partial charge < -0.3 is 14.7 Å². The predicted molar refractivity (Wildman–Crippen MR) is 107 cm³/mol. The summed E-state index contributed by atoms with van der Waals surface area (Å²) in [6.07, 6.45) is 7.99. The van der Waals surface area contributed by atoms with Gasteiger partial charge in [-0.3, -0.25) is 4.79 Å². The first kappa shape index (κ1) is 19.9. The zero-order chi connectivity index (χ0) is 18.9. The van der Waals surface area contributed by atoms with Gasteiger partial charge in [-0.1, -0.05) is 29.8 Å². The Morgan fingerprint density at radius 3 is 2.85 bits per heavy atom. The second kappa shape index (κ2) is 10.5. The number of rotatable bonds is 8. The van der Waals surface area contributed by atoms with Crippen LogP contribution in [0.3, 0.4) is 0 Å². The van der Waals surface area contributed by atoms with Crippen LogP contribution < -0.4 is 5.32 Å². The number of carbonyl (C=O) groups excluding carboxylic acids is 1. The van der Waals surface area contributed by atoms with E-state index in [0.717, 1.165) is 29.4 Å². The van der Waals surface area contributed by atoms with E-state index in [1.165, 1.54) is 50.5 Å². The molecule has 0 atom stereocenters. The number of likely N-dealkylation sites (tertiary alicyclic amines) is 1. The minimum atomic E-state index is -0.0576. The molecule has 1 amide bonds. The van der Waals surface area contributed by atoms with Crippen molar-refractivity contribution in [2.45, 2.75) is 49.8 Å². The van der Waals surface area contributed by atoms with Crippen molar-refractivity contribution in [3.05, 3.63) is 41.4 Å². The highest BCUT2D eigenvalue weighted by molar-refractivity contribution is 7.98. The molecule has 0 saturated carbocycles. The molecule has 146 valence electrons. The van der Waals surface area contributed by atoms with Gasteiger partial charge in [0.15, 0.2) is 0 Å². The molecule has 0 unspecified atom stereocenters. The minimum absolute atomic E-state index is 0.0576.